The van der Waals surface area contributed by atoms with E-state index in [-0.39, 0.29) is 0 Å². The van der Waals surface area contributed by atoms with Crippen LogP contribution in [0, 0.1) is 11.8 Å². The minimum Gasteiger partial charge on any atom is -0.463 e. The molecular formula is C15H23N3O2. The van der Waals surface area contributed by atoms with E-state index in [2.05, 4.69) is 14.9 Å². The molecule has 1 aromatic rings. The van der Waals surface area contributed by atoms with E-state index in [1.807, 2.05) is 0 Å². The molecule has 0 radical (unpaired) electrons. The molecule has 110 valence electrons. The quantitative estimate of drug-likeness (QED) is 0.818. The van der Waals surface area contributed by atoms with Gasteiger partial charge >= 0.3 is 6.01 Å². The van der Waals surface area contributed by atoms with Crippen LogP contribution in [-0.4, -0.2) is 54.3 Å². The van der Waals surface area contributed by atoms with Crippen LogP contribution >= 0.6 is 0 Å². The van der Waals surface area contributed by atoms with Crippen molar-refractivity contribution in [2.24, 2.45) is 11.8 Å². The van der Waals surface area contributed by atoms with Gasteiger partial charge in [-0.3, -0.25) is 0 Å². The van der Waals surface area contributed by atoms with Gasteiger partial charge in [0.05, 0.1) is 13.2 Å². The molecular weight excluding hydrogens is 254 g/mol. The monoisotopic (exact) mass is 277 g/mol. The summed E-state index contributed by atoms with van der Waals surface area (Å²) < 4.78 is 11.2. The van der Waals surface area contributed by atoms with E-state index in [0.717, 1.165) is 32.3 Å². The third kappa shape index (κ3) is 3.90. The third-order valence-electron chi connectivity index (χ3n) is 4.13. The molecule has 0 aromatic carbocycles. The highest BCUT2D eigenvalue weighted by molar-refractivity contribution is 4.93. The molecule has 0 saturated carbocycles. The van der Waals surface area contributed by atoms with Crippen molar-refractivity contribution in [3.05, 3.63) is 18.5 Å². The molecule has 0 N–H and O–H groups in total. The van der Waals surface area contributed by atoms with Crippen LogP contribution in [0.5, 0.6) is 6.01 Å². The van der Waals surface area contributed by atoms with E-state index in [1.165, 1.54) is 32.4 Å². The van der Waals surface area contributed by atoms with Gasteiger partial charge in [0, 0.05) is 38.0 Å². The summed E-state index contributed by atoms with van der Waals surface area (Å²) in [6.07, 6.45) is 7.16. The first-order valence-corrected chi connectivity index (χ1v) is 7.60. The van der Waals surface area contributed by atoms with Crippen molar-refractivity contribution in [3.63, 3.8) is 0 Å². The number of piperidine rings is 1. The Morgan fingerprint density at radius 2 is 2.15 bits per heavy atom. The molecule has 0 amide bonds. The Kier molecular flexibility index (Phi) is 4.82. The molecule has 5 heteroatoms. The summed E-state index contributed by atoms with van der Waals surface area (Å²) in [6, 6.07) is 2.30. The highest BCUT2D eigenvalue weighted by Crippen LogP contribution is 2.21. The third-order valence-corrected chi connectivity index (χ3v) is 4.13. The summed E-state index contributed by atoms with van der Waals surface area (Å²) in [5.41, 5.74) is 0. The highest BCUT2D eigenvalue weighted by atomic mass is 16.5. The van der Waals surface area contributed by atoms with E-state index >= 15 is 0 Å². The fraction of sp³-hybridized carbons (Fsp3) is 0.733. The standard InChI is InChI=1S/C15H23N3O2/c1-3-13(12-20-15-16-5-2-6-17-15)9-18(7-1)10-14-4-8-19-11-14/h2,5-6,13-14H,1,3-4,7-12H2. The minimum absolute atomic E-state index is 0.494. The molecule has 0 aliphatic carbocycles. The Hall–Kier alpha value is -1.20. The van der Waals surface area contributed by atoms with Gasteiger partial charge in [-0.25, -0.2) is 9.97 Å². The molecule has 2 unspecified atom stereocenters. The second-order valence-electron chi connectivity index (χ2n) is 5.84. The van der Waals surface area contributed by atoms with Crippen molar-refractivity contribution in [3.8, 4) is 6.01 Å². The van der Waals surface area contributed by atoms with Crippen molar-refractivity contribution in [2.45, 2.75) is 19.3 Å². The van der Waals surface area contributed by atoms with Crippen LogP contribution in [0.1, 0.15) is 19.3 Å². The zero-order valence-electron chi connectivity index (χ0n) is 11.9. The molecule has 2 aliphatic rings. The lowest BCUT2D eigenvalue weighted by Crippen LogP contribution is -2.40. The predicted octanol–water partition coefficient (Wildman–Crippen LogP) is 1.60. The number of likely N-dealkylation sites (tertiary alicyclic amines) is 1. The van der Waals surface area contributed by atoms with Gasteiger partial charge in [-0.1, -0.05) is 0 Å². The lowest BCUT2D eigenvalue weighted by Gasteiger charge is -2.33. The lowest BCUT2D eigenvalue weighted by molar-refractivity contribution is 0.106. The molecule has 0 bridgehead atoms. The maximum atomic E-state index is 5.69. The second-order valence-corrected chi connectivity index (χ2v) is 5.84. The summed E-state index contributed by atoms with van der Waals surface area (Å²) in [4.78, 5) is 10.8. The molecule has 0 spiro atoms. The van der Waals surface area contributed by atoms with E-state index in [0.29, 0.717) is 11.9 Å². The number of hydrogen-bond acceptors (Lipinski definition) is 5. The van der Waals surface area contributed by atoms with Crippen LogP contribution in [0.4, 0.5) is 0 Å². The summed E-state index contributed by atoms with van der Waals surface area (Å²) in [5, 5.41) is 0. The second kappa shape index (κ2) is 6.99. The van der Waals surface area contributed by atoms with Crippen LogP contribution in [0.25, 0.3) is 0 Å². The molecule has 1 aromatic heterocycles. The van der Waals surface area contributed by atoms with Gasteiger partial charge in [-0.15, -0.1) is 0 Å². The first-order chi connectivity index (χ1) is 9.90. The van der Waals surface area contributed by atoms with E-state index in [1.54, 1.807) is 18.5 Å². The van der Waals surface area contributed by atoms with E-state index in [9.17, 15) is 0 Å². The molecule has 2 atom stereocenters. The minimum atomic E-state index is 0.494. The van der Waals surface area contributed by atoms with Gasteiger partial charge in [-0.05, 0) is 37.8 Å². The number of ether oxygens (including phenoxy) is 2. The lowest BCUT2D eigenvalue weighted by atomic mass is 9.97. The van der Waals surface area contributed by atoms with Crippen molar-refractivity contribution in [1.29, 1.82) is 0 Å². The molecule has 5 nitrogen and oxygen atoms in total. The topological polar surface area (TPSA) is 47.5 Å². The SMILES string of the molecule is c1cnc(OCC2CCCN(CC3CCOC3)C2)nc1. The smallest absolute Gasteiger partial charge is 0.316 e. The van der Waals surface area contributed by atoms with Gasteiger partial charge in [0.25, 0.3) is 0 Å². The van der Waals surface area contributed by atoms with Gasteiger partial charge in [0.1, 0.15) is 0 Å². The van der Waals surface area contributed by atoms with Crippen LogP contribution in [0.15, 0.2) is 18.5 Å². The molecule has 2 aliphatic heterocycles. The first kappa shape index (κ1) is 13.8. The maximum absolute atomic E-state index is 5.69. The number of aromatic nitrogens is 2. The van der Waals surface area contributed by atoms with Crippen LogP contribution in [0.2, 0.25) is 0 Å². The highest BCUT2D eigenvalue weighted by Gasteiger charge is 2.24. The van der Waals surface area contributed by atoms with E-state index < -0.39 is 0 Å². The molecule has 3 heterocycles. The van der Waals surface area contributed by atoms with Crippen molar-refractivity contribution >= 4 is 0 Å². The fourth-order valence-electron chi connectivity index (χ4n) is 3.10. The summed E-state index contributed by atoms with van der Waals surface area (Å²) >= 11 is 0. The molecule has 3 rings (SSSR count). The average Bonchev–Trinajstić information content (AvgIpc) is 3.00. The summed E-state index contributed by atoms with van der Waals surface area (Å²) in [6.45, 7) is 6.13. The molecule has 2 saturated heterocycles. The molecule has 2 fully saturated rings. The average molecular weight is 277 g/mol. The Morgan fingerprint density at radius 3 is 2.95 bits per heavy atom. The molecule has 20 heavy (non-hydrogen) atoms. The first-order valence-electron chi connectivity index (χ1n) is 7.60. The van der Waals surface area contributed by atoms with Gasteiger partial charge in [0.15, 0.2) is 0 Å². The number of hydrogen-bond donors (Lipinski definition) is 0. The largest absolute Gasteiger partial charge is 0.463 e. The Balaban J connectivity index is 1.43. The van der Waals surface area contributed by atoms with Crippen molar-refractivity contribution in [1.82, 2.24) is 14.9 Å². The van der Waals surface area contributed by atoms with Gasteiger partial charge in [-0.2, -0.15) is 0 Å². The summed E-state index contributed by atoms with van der Waals surface area (Å²) in [5.74, 6) is 1.32. The zero-order valence-corrected chi connectivity index (χ0v) is 11.9. The van der Waals surface area contributed by atoms with Crippen LogP contribution in [0.3, 0.4) is 0 Å². The summed E-state index contributed by atoms with van der Waals surface area (Å²) in [7, 11) is 0. The fourth-order valence-corrected chi connectivity index (χ4v) is 3.10. The van der Waals surface area contributed by atoms with Crippen LogP contribution in [-0.2, 0) is 4.74 Å². The van der Waals surface area contributed by atoms with Crippen LogP contribution < -0.4 is 4.74 Å². The number of rotatable bonds is 5. The normalized spacial score (nSPS) is 27.6. The van der Waals surface area contributed by atoms with Gasteiger partial charge < -0.3 is 14.4 Å². The van der Waals surface area contributed by atoms with Crippen molar-refractivity contribution in [2.75, 3.05) is 39.5 Å². The predicted molar refractivity (Wildman–Crippen MR) is 75.6 cm³/mol. The van der Waals surface area contributed by atoms with E-state index in [4.69, 9.17) is 9.47 Å². The zero-order chi connectivity index (χ0) is 13.6. The van der Waals surface area contributed by atoms with Gasteiger partial charge in [0.2, 0.25) is 0 Å². The Morgan fingerprint density at radius 1 is 1.25 bits per heavy atom. The maximum Gasteiger partial charge on any atom is 0.316 e. The van der Waals surface area contributed by atoms with Crippen molar-refractivity contribution < 1.29 is 9.47 Å². The number of nitrogens with zero attached hydrogens (tertiary/aromatic N) is 3. The Labute approximate surface area is 120 Å². The Bertz CT molecular complexity index is 395.